The predicted molar refractivity (Wildman–Crippen MR) is 85.5 cm³/mol. The summed E-state index contributed by atoms with van der Waals surface area (Å²) in [4.78, 5) is 14.4. The Kier molecular flexibility index (Phi) is 4.70. The van der Waals surface area contributed by atoms with Crippen LogP contribution in [0.25, 0.3) is 0 Å². The van der Waals surface area contributed by atoms with E-state index in [9.17, 15) is 15.2 Å². The summed E-state index contributed by atoms with van der Waals surface area (Å²) in [5.74, 6) is -0.392. The average molecular weight is 349 g/mol. The van der Waals surface area contributed by atoms with Gasteiger partial charge in [0, 0.05) is 22.3 Å². The molecule has 0 aliphatic heterocycles. The fraction of sp³-hybridized carbons (Fsp3) is 0.133. The SMILES string of the molecule is CCc1ccc(N=Cc2cc(Br)cc([N+](=O)[O-])c2O)cc1. The maximum absolute atomic E-state index is 10.9. The first kappa shape index (κ1) is 15.2. The highest BCUT2D eigenvalue weighted by Gasteiger charge is 2.17. The molecule has 6 heteroatoms. The molecule has 2 aromatic carbocycles. The second-order valence-corrected chi connectivity index (χ2v) is 5.31. The smallest absolute Gasteiger partial charge is 0.312 e. The highest BCUT2D eigenvalue weighted by molar-refractivity contribution is 9.10. The zero-order valence-corrected chi connectivity index (χ0v) is 12.9. The van der Waals surface area contributed by atoms with E-state index in [2.05, 4.69) is 27.8 Å². The van der Waals surface area contributed by atoms with Gasteiger partial charge in [0.05, 0.1) is 10.6 Å². The molecule has 21 heavy (non-hydrogen) atoms. The summed E-state index contributed by atoms with van der Waals surface area (Å²) in [6, 6.07) is 10.5. The number of nitro benzene ring substituents is 1. The molecule has 0 aliphatic rings. The average Bonchev–Trinajstić information content (AvgIpc) is 2.48. The molecular formula is C15H13BrN2O3. The van der Waals surface area contributed by atoms with Gasteiger partial charge in [-0.1, -0.05) is 35.0 Å². The molecule has 0 atom stereocenters. The Bertz CT molecular complexity index is 697. The molecule has 0 aliphatic carbocycles. The minimum atomic E-state index is -0.631. The Labute approximate surface area is 130 Å². The van der Waals surface area contributed by atoms with Gasteiger partial charge in [-0.15, -0.1) is 0 Å². The summed E-state index contributed by atoms with van der Waals surface area (Å²) in [6.07, 6.45) is 2.36. The van der Waals surface area contributed by atoms with E-state index in [1.54, 1.807) is 6.07 Å². The van der Waals surface area contributed by atoms with Crippen LogP contribution in [0, 0.1) is 10.1 Å². The van der Waals surface area contributed by atoms with Gasteiger partial charge in [0.15, 0.2) is 0 Å². The van der Waals surface area contributed by atoms with Crippen LogP contribution >= 0.6 is 15.9 Å². The first-order valence-electron chi connectivity index (χ1n) is 6.31. The number of rotatable bonds is 4. The van der Waals surface area contributed by atoms with Crippen LogP contribution in [-0.2, 0) is 6.42 Å². The van der Waals surface area contributed by atoms with Crippen molar-refractivity contribution in [1.82, 2.24) is 0 Å². The quantitative estimate of drug-likeness (QED) is 0.506. The number of nitro groups is 1. The number of aromatic hydroxyl groups is 1. The number of nitrogens with zero attached hydrogens (tertiary/aromatic N) is 2. The number of phenols is 1. The molecule has 2 aromatic rings. The summed E-state index contributed by atoms with van der Waals surface area (Å²) in [5, 5.41) is 20.7. The first-order valence-corrected chi connectivity index (χ1v) is 7.10. The van der Waals surface area contributed by atoms with E-state index in [1.807, 2.05) is 24.3 Å². The third kappa shape index (κ3) is 3.66. The van der Waals surface area contributed by atoms with E-state index in [4.69, 9.17) is 0 Å². The highest BCUT2D eigenvalue weighted by atomic mass is 79.9. The molecule has 0 unspecified atom stereocenters. The lowest BCUT2D eigenvalue weighted by atomic mass is 10.1. The Balaban J connectivity index is 2.33. The van der Waals surface area contributed by atoms with E-state index < -0.39 is 10.7 Å². The van der Waals surface area contributed by atoms with E-state index >= 15 is 0 Å². The Morgan fingerprint density at radius 3 is 2.57 bits per heavy atom. The number of benzene rings is 2. The molecule has 0 heterocycles. The van der Waals surface area contributed by atoms with Crippen molar-refractivity contribution in [2.24, 2.45) is 4.99 Å². The van der Waals surface area contributed by atoms with Crippen LogP contribution in [0.2, 0.25) is 0 Å². The molecule has 108 valence electrons. The van der Waals surface area contributed by atoms with Crippen LogP contribution in [0.1, 0.15) is 18.1 Å². The van der Waals surface area contributed by atoms with E-state index in [0.717, 1.165) is 6.42 Å². The minimum Gasteiger partial charge on any atom is -0.502 e. The van der Waals surface area contributed by atoms with Crippen LogP contribution in [0.3, 0.4) is 0 Å². The molecular weight excluding hydrogens is 336 g/mol. The van der Waals surface area contributed by atoms with Crippen molar-refractivity contribution >= 4 is 33.5 Å². The summed E-state index contributed by atoms with van der Waals surface area (Å²) >= 11 is 3.18. The van der Waals surface area contributed by atoms with Crippen LogP contribution in [0.4, 0.5) is 11.4 Å². The van der Waals surface area contributed by atoms with Crippen molar-refractivity contribution in [2.45, 2.75) is 13.3 Å². The molecule has 0 amide bonds. The summed E-state index contributed by atoms with van der Waals surface area (Å²) in [6.45, 7) is 2.07. The molecule has 0 saturated heterocycles. The van der Waals surface area contributed by atoms with Crippen molar-refractivity contribution in [2.75, 3.05) is 0 Å². The second-order valence-electron chi connectivity index (χ2n) is 4.40. The fourth-order valence-corrected chi connectivity index (χ4v) is 2.27. The van der Waals surface area contributed by atoms with Gasteiger partial charge in [0.1, 0.15) is 0 Å². The normalized spacial score (nSPS) is 11.0. The molecule has 1 N–H and O–H groups in total. The van der Waals surface area contributed by atoms with Gasteiger partial charge in [-0.3, -0.25) is 15.1 Å². The van der Waals surface area contributed by atoms with E-state index in [0.29, 0.717) is 10.2 Å². The van der Waals surface area contributed by atoms with Crippen LogP contribution in [0.15, 0.2) is 45.9 Å². The van der Waals surface area contributed by atoms with Crippen molar-refractivity contribution in [3.05, 3.63) is 62.1 Å². The van der Waals surface area contributed by atoms with Gasteiger partial charge < -0.3 is 5.11 Å². The molecule has 0 saturated carbocycles. The zero-order valence-electron chi connectivity index (χ0n) is 11.3. The second kappa shape index (κ2) is 6.49. The lowest BCUT2D eigenvalue weighted by Gasteiger charge is -2.02. The summed E-state index contributed by atoms with van der Waals surface area (Å²) < 4.78 is 0.509. The van der Waals surface area contributed by atoms with Gasteiger partial charge in [-0.05, 0) is 30.2 Å². The monoisotopic (exact) mass is 348 g/mol. The van der Waals surface area contributed by atoms with Crippen molar-refractivity contribution in [3.8, 4) is 5.75 Å². The third-order valence-corrected chi connectivity index (χ3v) is 3.44. The van der Waals surface area contributed by atoms with Crippen LogP contribution in [-0.4, -0.2) is 16.2 Å². The maximum atomic E-state index is 10.9. The molecule has 5 nitrogen and oxygen atoms in total. The number of aryl methyl sites for hydroxylation is 1. The number of halogens is 1. The lowest BCUT2D eigenvalue weighted by Crippen LogP contribution is -1.92. The van der Waals surface area contributed by atoms with Crippen LogP contribution < -0.4 is 0 Å². The number of hydrogen-bond acceptors (Lipinski definition) is 4. The first-order chi connectivity index (χ1) is 10.0. The maximum Gasteiger partial charge on any atom is 0.312 e. The molecule has 0 bridgehead atoms. The standard InChI is InChI=1S/C15H13BrN2O3/c1-2-10-3-5-13(6-4-10)17-9-11-7-12(16)8-14(15(11)19)18(20)21/h3-9,19H,2H2,1H3. The number of hydrogen-bond donors (Lipinski definition) is 1. The summed E-state index contributed by atoms with van der Waals surface area (Å²) in [7, 11) is 0. The van der Waals surface area contributed by atoms with E-state index in [-0.39, 0.29) is 11.3 Å². The van der Waals surface area contributed by atoms with Gasteiger partial charge in [0.25, 0.3) is 0 Å². The number of aliphatic imine (C=N–C) groups is 1. The molecule has 0 fully saturated rings. The molecule has 0 spiro atoms. The topological polar surface area (TPSA) is 75.7 Å². The Hall–Kier alpha value is -2.21. The fourth-order valence-electron chi connectivity index (χ4n) is 1.80. The molecule has 0 aromatic heterocycles. The highest BCUT2D eigenvalue weighted by Crippen LogP contribution is 2.32. The summed E-state index contributed by atoms with van der Waals surface area (Å²) in [5.41, 5.74) is 1.85. The van der Waals surface area contributed by atoms with Gasteiger partial charge in [-0.2, -0.15) is 0 Å². The largest absolute Gasteiger partial charge is 0.502 e. The number of phenolic OH excluding ortho intramolecular Hbond substituents is 1. The van der Waals surface area contributed by atoms with Crippen LogP contribution in [0.5, 0.6) is 5.75 Å². The van der Waals surface area contributed by atoms with Crippen molar-refractivity contribution in [3.63, 3.8) is 0 Å². The molecule has 0 radical (unpaired) electrons. The Morgan fingerprint density at radius 2 is 2.00 bits per heavy atom. The van der Waals surface area contributed by atoms with E-state index in [1.165, 1.54) is 17.8 Å². The van der Waals surface area contributed by atoms with Gasteiger partial charge in [0.2, 0.25) is 5.75 Å². The van der Waals surface area contributed by atoms with Gasteiger partial charge in [-0.25, -0.2) is 0 Å². The van der Waals surface area contributed by atoms with Crippen molar-refractivity contribution < 1.29 is 10.0 Å². The zero-order chi connectivity index (χ0) is 15.4. The Morgan fingerprint density at radius 1 is 1.33 bits per heavy atom. The van der Waals surface area contributed by atoms with Crippen molar-refractivity contribution in [1.29, 1.82) is 0 Å². The predicted octanol–water partition coefficient (Wildman–Crippen LogP) is 4.38. The lowest BCUT2D eigenvalue weighted by molar-refractivity contribution is -0.385. The minimum absolute atomic E-state index is 0.288. The third-order valence-electron chi connectivity index (χ3n) is 2.98. The van der Waals surface area contributed by atoms with Gasteiger partial charge >= 0.3 is 5.69 Å². The molecule has 2 rings (SSSR count).